The number of rotatable bonds is 3. The first-order chi connectivity index (χ1) is 10.1. The molecule has 3 rings (SSSR count). The Morgan fingerprint density at radius 1 is 1.29 bits per heavy atom. The number of halogens is 1. The van der Waals surface area contributed by atoms with Crippen LogP contribution in [0.2, 0.25) is 5.02 Å². The van der Waals surface area contributed by atoms with E-state index in [1.165, 1.54) is 0 Å². The van der Waals surface area contributed by atoms with E-state index < -0.39 is 0 Å². The Bertz CT molecular complexity index is 782. The van der Waals surface area contributed by atoms with Crippen molar-refractivity contribution in [1.29, 1.82) is 0 Å². The summed E-state index contributed by atoms with van der Waals surface area (Å²) in [4.78, 5) is 23.6. The highest BCUT2D eigenvalue weighted by atomic mass is 35.5. The normalized spacial score (nSPS) is 12.3. The molecule has 0 bridgehead atoms. The molecule has 0 aliphatic heterocycles. The molecular weight excluding hydrogens is 288 g/mol. The number of carbonyl (C=O) groups is 1. The Hall–Kier alpha value is -2.40. The second-order valence-electron chi connectivity index (χ2n) is 4.73. The number of amides is 1. The number of hydrogen-bond acceptors (Lipinski definition) is 3. The summed E-state index contributed by atoms with van der Waals surface area (Å²) >= 11 is 5.80. The number of nitrogens with zero attached hydrogens (tertiary/aromatic N) is 2. The van der Waals surface area contributed by atoms with Crippen LogP contribution in [0.15, 0.2) is 42.9 Å². The molecule has 2 aromatic heterocycles. The smallest absolute Gasteiger partial charge is 0.251 e. The Balaban J connectivity index is 1.77. The molecule has 0 saturated heterocycles. The van der Waals surface area contributed by atoms with Crippen molar-refractivity contribution >= 4 is 28.5 Å². The van der Waals surface area contributed by atoms with Gasteiger partial charge in [0.05, 0.1) is 34.1 Å². The molecule has 1 amide bonds. The van der Waals surface area contributed by atoms with Crippen molar-refractivity contribution in [3.8, 4) is 0 Å². The van der Waals surface area contributed by atoms with Gasteiger partial charge in [-0.05, 0) is 37.3 Å². The van der Waals surface area contributed by atoms with Crippen molar-refractivity contribution in [3.63, 3.8) is 0 Å². The van der Waals surface area contributed by atoms with Crippen LogP contribution >= 0.6 is 11.6 Å². The number of fused-ring (bicyclic) bond motifs is 1. The van der Waals surface area contributed by atoms with Crippen molar-refractivity contribution in [3.05, 3.63) is 59.1 Å². The minimum absolute atomic E-state index is 0.157. The molecule has 0 aliphatic carbocycles. The van der Waals surface area contributed by atoms with E-state index in [0.29, 0.717) is 10.6 Å². The molecule has 0 saturated carbocycles. The Morgan fingerprint density at radius 2 is 2.14 bits per heavy atom. The van der Waals surface area contributed by atoms with Crippen molar-refractivity contribution in [2.24, 2.45) is 0 Å². The third-order valence-corrected chi connectivity index (χ3v) is 3.45. The number of carbonyl (C=O) groups excluding carboxylic acids is 1. The number of hydrogen-bond donors (Lipinski definition) is 2. The average molecular weight is 301 g/mol. The van der Waals surface area contributed by atoms with E-state index in [9.17, 15) is 4.79 Å². The third-order valence-electron chi connectivity index (χ3n) is 3.22. The van der Waals surface area contributed by atoms with Gasteiger partial charge in [0, 0.05) is 11.8 Å². The van der Waals surface area contributed by atoms with E-state index in [-0.39, 0.29) is 11.9 Å². The molecule has 6 heteroatoms. The molecule has 0 spiro atoms. The lowest BCUT2D eigenvalue weighted by Gasteiger charge is -2.13. The van der Waals surface area contributed by atoms with Crippen LogP contribution in [0.5, 0.6) is 0 Å². The minimum atomic E-state index is -0.202. The van der Waals surface area contributed by atoms with E-state index in [0.717, 1.165) is 16.7 Å². The van der Waals surface area contributed by atoms with E-state index in [1.807, 2.05) is 13.0 Å². The van der Waals surface area contributed by atoms with Crippen LogP contribution in [0.4, 0.5) is 0 Å². The van der Waals surface area contributed by atoms with Crippen LogP contribution in [0.25, 0.3) is 11.0 Å². The molecule has 2 N–H and O–H groups in total. The van der Waals surface area contributed by atoms with Crippen LogP contribution in [0.1, 0.15) is 29.0 Å². The Kier molecular flexibility index (Phi) is 3.58. The monoisotopic (exact) mass is 300 g/mol. The molecule has 0 unspecified atom stereocenters. The summed E-state index contributed by atoms with van der Waals surface area (Å²) in [5, 5.41) is 3.48. The zero-order valence-corrected chi connectivity index (χ0v) is 12.1. The predicted octanol–water partition coefficient (Wildman–Crippen LogP) is 3.10. The molecule has 3 aromatic rings. The minimum Gasteiger partial charge on any atom is -0.345 e. The first-order valence-corrected chi connectivity index (χ1v) is 6.87. The number of benzene rings is 1. The van der Waals surface area contributed by atoms with E-state index in [2.05, 4.69) is 20.3 Å². The Labute approximate surface area is 126 Å². The van der Waals surface area contributed by atoms with Gasteiger partial charge in [-0.2, -0.15) is 0 Å². The second kappa shape index (κ2) is 5.54. The summed E-state index contributed by atoms with van der Waals surface area (Å²) in [5.74, 6) is -0.157. The van der Waals surface area contributed by atoms with Crippen LogP contribution in [-0.4, -0.2) is 20.9 Å². The average Bonchev–Trinajstić information content (AvgIpc) is 2.95. The fourth-order valence-corrected chi connectivity index (χ4v) is 2.19. The molecule has 1 aromatic carbocycles. The topological polar surface area (TPSA) is 70.7 Å². The molecular formula is C15H13ClN4O. The lowest BCUT2D eigenvalue weighted by atomic mass is 10.1. The van der Waals surface area contributed by atoms with Crippen LogP contribution in [-0.2, 0) is 0 Å². The van der Waals surface area contributed by atoms with Crippen LogP contribution in [0, 0.1) is 0 Å². The predicted molar refractivity (Wildman–Crippen MR) is 81.2 cm³/mol. The quantitative estimate of drug-likeness (QED) is 0.781. The molecule has 0 fully saturated rings. The largest absolute Gasteiger partial charge is 0.345 e. The summed E-state index contributed by atoms with van der Waals surface area (Å²) in [6, 6.07) is 8.69. The third kappa shape index (κ3) is 2.87. The van der Waals surface area contributed by atoms with Crippen molar-refractivity contribution < 1.29 is 4.79 Å². The molecule has 5 nitrogen and oxygen atoms in total. The summed E-state index contributed by atoms with van der Waals surface area (Å²) in [6.07, 6.45) is 3.17. The van der Waals surface area contributed by atoms with Crippen LogP contribution in [0.3, 0.4) is 0 Å². The zero-order valence-electron chi connectivity index (χ0n) is 11.3. The highest BCUT2D eigenvalue weighted by molar-refractivity contribution is 6.30. The maximum Gasteiger partial charge on any atom is 0.251 e. The van der Waals surface area contributed by atoms with E-state index in [4.69, 9.17) is 11.6 Å². The number of aromatic nitrogens is 3. The second-order valence-corrected chi connectivity index (χ2v) is 5.17. The fourth-order valence-electron chi connectivity index (χ4n) is 2.07. The fraction of sp³-hybridized carbons (Fsp3) is 0.133. The maximum absolute atomic E-state index is 12.3. The first kappa shape index (κ1) is 13.6. The number of H-pyrrole nitrogens is 1. The molecule has 21 heavy (non-hydrogen) atoms. The number of aromatic amines is 1. The highest BCUT2D eigenvalue weighted by Gasteiger charge is 2.13. The standard InChI is InChI=1S/C15H13ClN4O/c1-9(12-5-3-11(16)7-17-12)20-15(21)10-2-4-13-14(6-10)19-8-18-13/h2-9H,1H3,(H,18,19)(H,20,21)/t9-/m0/s1. The molecule has 0 aliphatic rings. The molecule has 0 radical (unpaired) electrons. The van der Waals surface area contributed by atoms with Gasteiger partial charge in [0.25, 0.3) is 5.91 Å². The summed E-state index contributed by atoms with van der Waals surface area (Å²) < 4.78 is 0. The first-order valence-electron chi connectivity index (χ1n) is 6.49. The summed E-state index contributed by atoms with van der Waals surface area (Å²) in [6.45, 7) is 1.88. The van der Waals surface area contributed by atoms with E-state index >= 15 is 0 Å². The van der Waals surface area contributed by atoms with Gasteiger partial charge in [0.1, 0.15) is 0 Å². The van der Waals surface area contributed by atoms with Gasteiger partial charge in [-0.25, -0.2) is 4.98 Å². The van der Waals surface area contributed by atoms with Crippen molar-refractivity contribution in [1.82, 2.24) is 20.3 Å². The summed E-state index contributed by atoms with van der Waals surface area (Å²) in [7, 11) is 0. The maximum atomic E-state index is 12.3. The number of nitrogens with one attached hydrogen (secondary N) is 2. The lowest BCUT2D eigenvalue weighted by Crippen LogP contribution is -2.27. The van der Waals surface area contributed by atoms with Crippen LogP contribution < -0.4 is 5.32 Å². The van der Waals surface area contributed by atoms with E-state index in [1.54, 1.807) is 36.8 Å². The van der Waals surface area contributed by atoms with Gasteiger partial charge in [0.15, 0.2) is 0 Å². The SMILES string of the molecule is C[C@H](NC(=O)c1ccc2nc[nH]c2c1)c1ccc(Cl)cn1. The molecule has 1 atom stereocenters. The van der Waals surface area contributed by atoms with Gasteiger partial charge < -0.3 is 10.3 Å². The van der Waals surface area contributed by atoms with Crippen molar-refractivity contribution in [2.75, 3.05) is 0 Å². The molecule has 106 valence electrons. The zero-order chi connectivity index (χ0) is 14.8. The van der Waals surface area contributed by atoms with Gasteiger partial charge in [-0.15, -0.1) is 0 Å². The van der Waals surface area contributed by atoms with Crippen molar-refractivity contribution in [2.45, 2.75) is 13.0 Å². The summed E-state index contributed by atoms with van der Waals surface area (Å²) in [5.41, 5.74) is 3.00. The highest BCUT2D eigenvalue weighted by Crippen LogP contribution is 2.15. The number of pyridine rings is 1. The number of imidazole rings is 1. The Morgan fingerprint density at radius 3 is 2.90 bits per heavy atom. The van der Waals surface area contributed by atoms with Gasteiger partial charge in [0.2, 0.25) is 0 Å². The van der Waals surface area contributed by atoms with Gasteiger partial charge >= 0.3 is 0 Å². The van der Waals surface area contributed by atoms with Gasteiger partial charge in [-0.3, -0.25) is 9.78 Å². The molecule has 2 heterocycles. The lowest BCUT2D eigenvalue weighted by molar-refractivity contribution is 0.0939. The van der Waals surface area contributed by atoms with Gasteiger partial charge in [-0.1, -0.05) is 11.6 Å².